The highest BCUT2D eigenvalue weighted by Crippen LogP contribution is 2.12. The summed E-state index contributed by atoms with van der Waals surface area (Å²) in [5.41, 5.74) is 0. The molecule has 0 amide bonds. The zero-order chi connectivity index (χ0) is 10.7. The Labute approximate surface area is 87.1 Å². The zero-order valence-corrected chi connectivity index (χ0v) is 8.53. The summed E-state index contributed by atoms with van der Waals surface area (Å²) in [5.74, 6) is -1.85. The molecule has 0 aliphatic carbocycles. The Bertz CT molecular complexity index is 250. The molecule has 7 heteroatoms. The summed E-state index contributed by atoms with van der Waals surface area (Å²) >= 11 is 5.25. The summed E-state index contributed by atoms with van der Waals surface area (Å²) in [6.07, 6.45) is 0. The van der Waals surface area contributed by atoms with Gasteiger partial charge in [-0.2, -0.15) is 0 Å². The lowest BCUT2D eigenvalue weighted by Gasteiger charge is -2.10. The quantitative estimate of drug-likeness (QED) is 0.371. The predicted octanol–water partition coefficient (Wildman–Crippen LogP) is -1.08. The van der Waals surface area contributed by atoms with Crippen LogP contribution in [0.3, 0.4) is 0 Å². The number of halogens is 1. The summed E-state index contributed by atoms with van der Waals surface area (Å²) < 4.78 is 4.54. The number of carbonyl (C=O) groups is 2. The van der Waals surface area contributed by atoms with E-state index in [1.165, 1.54) is 0 Å². The van der Waals surface area contributed by atoms with Crippen molar-refractivity contribution >= 4 is 30.5 Å². The van der Waals surface area contributed by atoms with E-state index in [0.717, 1.165) is 0 Å². The second kappa shape index (κ2) is 4.77. The molecule has 1 rings (SSSR count). The maximum atomic E-state index is 11.3. The first-order chi connectivity index (χ1) is 6.54. The first kappa shape index (κ1) is 11.5. The van der Waals surface area contributed by atoms with Crippen molar-refractivity contribution < 1.29 is 19.3 Å². The number of hydrogen-bond acceptors (Lipinski definition) is 5. The third kappa shape index (κ3) is 2.70. The lowest BCUT2D eigenvalue weighted by Crippen LogP contribution is -2.32. The smallest absolute Gasteiger partial charge is 0.508 e. The van der Waals surface area contributed by atoms with Crippen molar-refractivity contribution in [1.29, 1.82) is 0 Å². The normalized spacial score (nSPS) is 22.5. The van der Waals surface area contributed by atoms with Crippen LogP contribution in [-0.4, -0.2) is 54.7 Å². The van der Waals surface area contributed by atoms with Gasteiger partial charge in [-0.3, -0.25) is 14.5 Å². The van der Waals surface area contributed by atoms with Crippen LogP contribution in [-0.2, 0) is 14.2 Å². The second-order valence-electron chi connectivity index (χ2n) is 3.26. The van der Waals surface area contributed by atoms with Crippen LogP contribution >= 0.6 is 11.6 Å². The highest BCUT2D eigenvalue weighted by Gasteiger charge is 2.36. The lowest BCUT2D eigenvalue weighted by molar-refractivity contribution is -0.143. The molecular weight excluding hydrogens is 208 g/mol. The Balaban J connectivity index is 2.49. The standard InChI is InChI=1S/C7H11BClNO4/c1-10-2-5(6(11)3-10)7(12)14-8(13)4-9/h5,13H,2-4H2,1H3. The predicted molar refractivity (Wildman–Crippen MR) is 50.8 cm³/mol. The molecule has 1 heterocycles. The van der Waals surface area contributed by atoms with Crippen molar-refractivity contribution in [2.75, 3.05) is 25.9 Å². The molecule has 0 spiro atoms. The van der Waals surface area contributed by atoms with Crippen molar-refractivity contribution in [3.63, 3.8) is 0 Å². The minimum Gasteiger partial charge on any atom is -0.508 e. The van der Waals surface area contributed by atoms with Gasteiger partial charge in [0.2, 0.25) is 0 Å². The van der Waals surface area contributed by atoms with Crippen LogP contribution in [0, 0.1) is 5.92 Å². The van der Waals surface area contributed by atoms with Crippen molar-refractivity contribution in [3.8, 4) is 0 Å². The van der Waals surface area contributed by atoms with Gasteiger partial charge in [0.25, 0.3) is 0 Å². The summed E-state index contributed by atoms with van der Waals surface area (Å²) in [5, 5.41) is 8.94. The lowest BCUT2D eigenvalue weighted by atomic mass is 9.95. The van der Waals surface area contributed by atoms with Gasteiger partial charge < -0.3 is 9.68 Å². The largest absolute Gasteiger partial charge is 0.540 e. The molecule has 0 aromatic heterocycles. The fourth-order valence-electron chi connectivity index (χ4n) is 1.31. The third-order valence-corrected chi connectivity index (χ3v) is 2.24. The van der Waals surface area contributed by atoms with E-state index in [2.05, 4.69) is 4.65 Å². The fraction of sp³-hybridized carbons (Fsp3) is 0.714. The highest BCUT2D eigenvalue weighted by molar-refractivity contribution is 6.56. The summed E-state index contributed by atoms with van der Waals surface area (Å²) in [6, 6.07) is 0. The second-order valence-corrected chi connectivity index (χ2v) is 3.57. The summed E-state index contributed by atoms with van der Waals surface area (Å²) in [7, 11) is 0.409. The summed E-state index contributed by atoms with van der Waals surface area (Å²) in [6.45, 7) is 0.587. The van der Waals surface area contributed by atoms with Crippen LogP contribution in [0.4, 0.5) is 0 Å². The van der Waals surface area contributed by atoms with E-state index in [1.54, 1.807) is 11.9 Å². The van der Waals surface area contributed by atoms with Crippen LogP contribution in [0.1, 0.15) is 0 Å². The van der Waals surface area contributed by atoms with Crippen molar-refractivity contribution in [3.05, 3.63) is 0 Å². The molecule has 1 aliphatic rings. The van der Waals surface area contributed by atoms with E-state index >= 15 is 0 Å². The average molecular weight is 219 g/mol. The van der Waals surface area contributed by atoms with E-state index in [1.807, 2.05) is 0 Å². The van der Waals surface area contributed by atoms with Gasteiger partial charge in [-0.1, -0.05) is 0 Å². The molecule has 0 aromatic carbocycles. The molecule has 1 saturated heterocycles. The number of hydrogen-bond donors (Lipinski definition) is 1. The molecule has 78 valence electrons. The Hall–Kier alpha value is -0.585. The molecule has 0 radical (unpaired) electrons. The Morgan fingerprint density at radius 1 is 1.86 bits per heavy atom. The minimum absolute atomic E-state index is 0.181. The summed E-state index contributed by atoms with van der Waals surface area (Å²) in [4.78, 5) is 24.2. The average Bonchev–Trinajstić information content (AvgIpc) is 2.45. The van der Waals surface area contributed by atoms with Crippen LogP contribution in [0.5, 0.6) is 0 Å². The molecule has 1 atom stereocenters. The van der Waals surface area contributed by atoms with Crippen LogP contribution in [0.2, 0.25) is 0 Å². The molecule has 14 heavy (non-hydrogen) atoms. The van der Waals surface area contributed by atoms with Gasteiger partial charge in [0.1, 0.15) is 5.92 Å². The Kier molecular flexibility index (Phi) is 3.91. The first-order valence-corrected chi connectivity index (χ1v) is 4.74. The van der Waals surface area contributed by atoms with Gasteiger partial charge in [0, 0.05) is 6.54 Å². The molecule has 0 bridgehead atoms. The number of likely N-dealkylation sites (tertiary alicyclic amines) is 1. The van der Waals surface area contributed by atoms with Crippen molar-refractivity contribution in [2.45, 2.75) is 0 Å². The topological polar surface area (TPSA) is 66.8 Å². The number of alkyl halides is 1. The molecule has 0 aromatic rings. The maximum absolute atomic E-state index is 11.3. The monoisotopic (exact) mass is 219 g/mol. The molecule has 1 unspecified atom stereocenters. The van der Waals surface area contributed by atoms with Gasteiger partial charge in [0.15, 0.2) is 5.78 Å². The fourth-order valence-corrected chi connectivity index (χ4v) is 1.37. The van der Waals surface area contributed by atoms with E-state index in [4.69, 9.17) is 16.6 Å². The maximum Gasteiger partial charge on any atom is 0.540 e. The van der Waals surface area contributed by atoms with Gasteiger partial charge in [-0.05, 0) is 7.05 Å². The van der Waals surface area contributed by atoms with Crippen LogP contribution in [0.15, 0.2) is 0 Å². The van der Waals surface area contributed by atoms with Crippen LogP contribution < -0.4 is 0 Å². The zero-order valence-electron chi connectivity index (χ0n) is 7.77. The number of likely N-dealkylation sites (N-methyl/N-ethyl adjacent to an activating group) is 1. The van der Waals surface area contributed by atoms with Crippen molar-refractivity contribution in [2.24, 2.45) is 5.92 Å². The molecule has 1 N–H and O–H groups in total. The van der Waals surface area contributed by atoms with Gasteiger partial charge in [-0.25, -0.2) is 0 Å². The molecular formula is C7H11BClNO4. The first-order valence-electron chi connectivity index (χ1n) is 4.20. The Morgan fingerprint density at radius 3 is 2.93 bits per heavy atom. The van der Waals surface area contributed by atoms with Crippen molar-refractivity contribution in [1.82, 2.24) is 4.90 Å². The molecule has 1 fully saturated rings. The molecule has 1 aliphatic heterocycles. The van der Waals surface area contributed by atoms with E-state index in [-0.39, 0.29) is 18.1 Å². The molecule has 5 nitrogen and oxygen atoms in total. The number of carbonyl (C=O) groups excluding carboxylic acids is 2. The Morgan fingerprint density at radius 2 is 2.50 bits per heavy atom. The number of ketones is 1. The molecule has 0 saturated carbocycles. The highest BCUT2D eigenvalue weighted by atomic mass is 35.5. The van der Waals surface area contributed by atoms with Gasteiger partial charge >= 0.3 is 13.1 Å². The van der Waals surface area contributed by atoms with Gasteiger partial charge in [-0.15, -0.1) is 11.6 Å². The minimum atomic E-state index is -1.33. The van der Waals surface area contributed by atoms with Gasteiger partial charge in [0.05, 0.1) is 12.3 Å². The van der Waals surface area contributed by atoms with E-state index < -0.39 is 19.0 Å². The SMILES string of the molecule is CN1CC(=O)C(C(=O)OB(O)CCl)C1. The van der Waals surface area contributed by atoms with Crippen LogP contribution in [0.25, 0.3) is 0 Å². The van der Waals surface area contributed by atoms with E-state index in [9.17, 15) is 9.59 Å². The number of rotatable bonds is 3. The third-order valence-electron chi connectivity index (χ3n) is 1.98. The number of nitrogens with zero attached hydrogens (tertiary/aromatic N) is 1. The number of Topliss-reactive ketones (excluding diaryl/α,β-unsaturated/α-hetero) is 1. The van der Waals surface area contributed by atoms with E-state index in [0.29, 0.717) is 6.54 Å².